The van der Waals surface area contributed by atoms with Crippen LogP contribution in [0.3, 0.4) is 0 Å². The van der Waals surface area contributed by atoms with Crippen LogP contribution in [0.5, 0.6) is 5.75 Å². The molecule has 2 aromatic rings. The lowest BCUT2D eigenvalue weighted by Gasteiger charge is -2.18. The Labute approximate surface area is 159 Å². The zero-order chi connectivity index (χ0) is 18.4. The van der Waals surface area contributed by atoms with Crippen molar-refractivity contribution >= 4 is 29.2 Å². The molecule has 142 valence electrons. The summed E-state index contributed by atoms with van der Waals surface area (Å²) < 4.78 is 1.45. The second-order valence-electron chi connectivity index (χ2n) is 5.73. The van der Waals surface area contributed by atoms with Crippen LogP contribution in [-0.4, -0.2) is 46.7 Å². The normalized spacial score (nSPS) is 10.6. The van der Waals surface area contributed by atoms with Crippen molar-refractivity contribution in [3.8, 4) is 5.75 Å². The van der Waals surface area contributed by atoms with Gasteiger partial charge in [-0.1, -0.05) is 32.1 Å². The molecule has 0 saturated heterocycles. The lowest BCUT2D eigenvalue weighted by Crippen LogP contribution is -2.38. The van der Waals surface area contributed by atoms with Crippen molar-refractivity contribution in [2.75, 3.05) is 26.2 Å². The number of carbonyl (C=O) groups excluding carboxylic acids is 1. The number of aromatic nitrogens is 1. The SMILES string of the molecule is C=CCn1c(=O)c(C(=O)NCCN(CC)CC)c(O)c2ccccc21.Cl. The van der Waals surface area contributed by atoms with Crippen LogP contribution >= 0.6 is 12.4 Å². The lowest BCUT2D eigenvalue weighted by molar-refractivity contribution is 0.0944. The zero-order valence-electron chi connectivity index (χ0n) is 15.2. The quantitative estimate of drug-likeness (QED) is 0.690. The van der Waals surface area contributed by atoms with Gasteiger partial charge in [0.1, 0.15) is 11.3 Å². The first-order chi connectivity index (χ1) is 12.0. The van der Waals surface area contributed by atoms with Crippen LogP contribution in [0.4, 0.5) is 0 Å². The number of pyridine rings is 1. The van der Waals surface area contributed by atoms with Crippen molar-refractivity contribution in [1.82, 2.24) is 14.8 Å². The molecule has 6 nitrogen and oxygen atoms in total. The fourth-order valence-electron chi connectivity index (χ4n) is 2.86. The monoisotopic (exact) mass is 379 g/mol. The average Bonchev–Trinajstić information content (AvgIpc) is 2.62. The van der Waals surface area contributed by atoms with Gasteiger partial charge in [-0.15, -0.1) is 19.0 Å². The lowest BCUT2D eigenvalue weighted by atomic mass is 10.1. The fourth-order valence-corrected chi connectivity index (χ4v) is 2.86. The maximum atomic E-state index is 12.7. The van der Waals surface area contributed by atoms with E-state index in [1.807, 2.05) is 0 Å². The molecule has 7 heteroatoms. The minimum Gasteiger partial charge on any atom is -0.506 e. The number of carbonyl (C=O) groups is 1. The maximum Gasteiger partial charge on any atom is 0.268 e. The molecule has 0 aliphatic heterocycles. The molecule has 0 atom stereocenters. The van der Waals surface area contributed by atoms with Gasteiger partial charge in [0, 0.05) is 25.0 Å². The highest BCUT2D eigenvalue weighted by Crippen LogP contribution is 2.26. The van der Waals surface area contributed by atoms with E-state index in [-0.39, 0.29) is 30.3 Å². The van der Waals surface area contributed by atoms with Crippen LogP contribution < -0.4 is 10.9 Å². The number of halogens is 1. The van der Waals surface area contributed by atoms with Crippen LogP contribution in [0.1, 0.15) is 24.2 Å². The van der Waals surface area contributed by atoms with E-state index < -0.39 is 11.5 Å². The molecule has 0 unspecified atom stereocenters. The first-order valence-corrected chi connectivity index (χ1v) is 8.51. The third kappa shape index (κ3) is 4.45. The average molecular weight is 380 g/mol. The van der Waals surface area contributed by atoms with Crippen molar-refractivity contribution in [2.24, 2.45) is 0 Å². The van der Waals surface area contributed by atoms with Gasteiger partial charge in [0.25, 0.3) is 11.5 Å². The van der Waals surface area contributed by atoms with Crippen LogP contribution in [0.15, 0.2) is 41.7 Å². The Kier molecular flexibility index (Phi) is 8.35. The molecule has 0 aliphatic rings. The summed E-state index contributed by atoms with van der Waals surface area (Å²) in [4.78, 5) is 27.4. The van der Waals surface area contributed by atoms with Gasteiger partial charge < -0.3 is 19.9 Å². The third-order valence-electron chi connectivity index (χ3n) is 4.29. The standard InChI is InChI=1S/C19H25N3O3.ClH/c1-4-12-22-15-10-8-7-9-14(15)17(23)16(19(22)25)18(24)20-11-13-21(5-2)6-3;/h4,7-10,23H,1,5-6,11-13H2,2-3H3,(H,20,24);1H. The van der Waals surface area contributed by atoms with Crippen molar-refractivity contribution < 1.29 is 9.90 Å². The van der Waals surface area contributed by atoms with Gasteiger partial charge in [-0.2, -0.15) is 0 Å². The number of para-hydroxylation sites is 1. The van der Waals surface area contributed by atoms with Gasteiger partial charge in [-0.05, 0) is 25.2 Å². The summed E-state index contributed by atoms with van der Waals surface area (Å²) in [5.74, 6) is -0.834. The Hall–Kier alpha value is -2.31. The van der Waals surface area contributed by atoms with Crippen LogP contribution in [0, 0.1) is 0 Å². The number of likely N-dealkylation sites (N-methyl/N-ethyl adjacent to an activating group) is 1. The number of hydrogen-bond donors (Lipinski definition) is 2. The zero-order valence-corrected chi connectivity index (χ0v) is 16.0. The minimum absolute atomic E-state index is 0. The van der Waals surface area contributed by atoms with Gasteiger partial charge in [0.2, 0.25) is 0 Å². The van der Waals surface area contributed by atoms with Gasteiger partial charge in [-0.3, -0.25) is 9.59 Å². The van der Waals surface area contributed by atoms with E-state index in [0.717, 1.165) is 13.1 Å². The van der Waals surface area contributed by atoms with Crippen molar-refractivity contribution in [2.45, 2.75) is 20.4 Å². The molecule has 0 spiro atoms. The van der Waals surface area contributed by atoms with E-state index in [9.17, 15) is 14.7 Å². The first kappa shape index (κ1) is 21.7. The number of benzene rings is 1. The van der Waals surface area contributed by atoms with Gasteiger partial charge in [0.15, 0.2) is 0 Å². The van der Waals surface area contributed by atoms with E-state index in [4.69, 9.17) is 0 Å². The number of nitrogens with one attached hydrogen (secondary N) is 1. The predicted molar refractivity (Wildman–Crippen MR) is 107 cm³/mol. The number of fused-ring (bicyclic) bond motifs is 1. The first-order valence-electron chi connectivity index (χ1n) is 8.51. The van der Waals surface area contributed by atoms with Crippen molar-refractivity contribution in [3.63, 3.8) is 0 Å². The number of aromatic hydroxyl groups is 1. The topological polar surface area (TPSA) is 74.6 Å². The van der Waals surface area contributed by atoms with Crippen molar-refractivity contribution in [1.29, 1.82) is 0 Å². The van der Waals surface area contributed by atoms with E-state index >= 15 is 0 Å². The molecule has 0 saturated carbocycles. The molecule has 0 bridgehead atoms. The summed E-state index contributed by atoms with van der Waals surface area (Å²) in [5, 5.41) is 13.7. The number of amides is 1. The Bertz CT molecular complexity index is 829. The number of nitrogens with zero attached hydrogens (tertiary/aromatic N) is 2. The number of hydrogen-bond acceptors (Lipinski definition) is 4. The second kappa shape index (κ2) is 9.99. The second-order valence-corrected chi connectivity index (χ2v) is 5.73. The molecule has 2 rings (SSSR count). The van der Waals surface area contributed by atoms with E-state index in [0.29, 0.717) is 24.0 Å². The molecular formula is C19H26ClN3O3. The maximum absolute atomic E-state index is 12.7. The Morgan fingerprint density at radius 2 is 1.96 bits per heavy atom. The summed E-state index contributed by atoms with van der Waals surface area (Å²) in [6.45, 7) is 10.9. The molecule has 0 fully saturated rings. The summed E-state index contributed by atoms with van der Waals surface area (Å²) in [6, 6.07) is 6.97. The van der Waals surface area contributed by atoms with E-state index in [1.54, 1.807) is 30.3 Å². The number of allylic oxidation sites excluding steroid dienone is 1. The highest BCUT2D eigenvalue weighted by molar-refractivity contribution is 6.02. The smallest absolute Gasteiger partial charge is 0.268 e. The summed E-state index contributed by atoms with van der Waals surface area (Å²) in [6.07, 6.45) is 1.59. The minimum atomic E-state index is -0.557. The molecule has 0 aliphatic carbocycles. The Morgan fingerprint density at radius 1 is 1.31 bits per heavy atom. The van der Waals surface area contributed by atoms with Gasteiger partial charge in [-0.25, -0.2) is 0 Å². The highest BCUT2D eigenvalue weighted by Gasteiger charge is 2.21. The molecule has 1 heterocycles. The molecular weight excluding hydrogens is 354 g/mol. The Balaban J connectivity index is 0.00000338. The van der Waals surface area contributed by atoms with Crippen LogP contribution in [-0.2, 0) is 6.54 Å². The van der Waals surface area contributed by atoms with E-state index in [1.165, 1.54) is 4.57 Å². The molecule has 26 heavy (non-hydrogen) atoms. The summed E-state index contributed by atoms with van der Waals surface area (Å²) >= 11 is 0. The van der Waals surface area contributed by atoms with Gasteiger partial charge >= 0.3 is 0 Å². The van der Waals surface area contributed by atoms with Crippen molar-refractivity contribution in [3.05, 3.63) is 52.8 Å². The van der Waals surface area contributed by atoms with Gasteiger partial charge in [0.05, 0.1) is 5.52 Å². The predicted octanol–water partition coefficient (Wildman–Crippen LogP) is 2.39. The largest absolute Gasteiger partial charge is 0.506 e. The van der Waals surface area contributed by atoms with Crippen LogP contribution in [0.2, 0.25) is 0 Å². The van der Waals surface area contributed by atoms with Crippen LogP contribution in [0.25, 0.3) is 10.9 Å². The Morgan fingerprint density at radius 3 is 2.58 bits per heavy atom. The fraction of sp³-hybridized carbons (Fsp3) is 0.368. The summed E-state index contributed by atoms with van der Waals surface area (Å²) in [5.41, 5.74) is -0.166. The number of rotatable bonds is 8. The highest BCUT2D eigenvalue weighted by atomic mass is 35.5. The van der Waals surface area contributed by atoms with E-state index in [2.05, 4.69) is 30.6 Å². The molecule has 1 aromatic carbocycles. The summed E-state index contributed by atoms with van der Waals surface area (Å²) in [7, 11) is 0. The molecule has 0 radical (unpaired) electrons. The third-order valence-corrected chi connectivity index (χ3v) is 4.29. The molecule has 1 amide bonds. The molecule has 2 N–H and O–H groups in total. The molecule has 1 aromatic heterocycles.